The van der Waals surface area contributed by atoms with Crippen LogP contribution in [-0.4, -0.2) is 41.5 Å². The lowest BCUT2D eigenvalue weighted by Gasteiger charge is -2.38. The Morgan fingerprint density at radius 3 is 2.48 bits per heavy atom. The van der Waals surface area contributed by atoms with Crippen LogP contribution in [0.15, 0.2) is 30.3 Å². The van der Waals surface area contributed by atoms with E-state index in [-0.39, 0.29) is 11.7 Å². The summed E-state index contributed by atoms with van der Waals surface area (Å²) in [6.45, 7) is 6.78. The molecule has 2 N–H and O–H groups in total. The maximum absolute atomic E-state index is 13.9. The van der Waals surface area contributed by atoms with Crippen molar-refractivity contribution in [3.05, 3.63) is 63.2 Å². The Morgan fingerprint density at radius 1 is 1.23 bits per heavy atom. The molecular weight excluding hydrogens is 433 g/mol. The van der Waals surface area contributed by atoms with Gasteiger partial charge in [-0.3, -0.25) is 4.90 Å². The summed E-state index contributed by atoms with van der Waals surface area (Å²) in [6.07, 6.45) is -6.18. The molecule has 1 fully saturated rings. The first-order valence-electron chi connectivity index (χ1n) is 9.76. The Kier molecular flexibility index (Phi) is 6.71. The Bertz CT molecular complexity index is 975. The summed E-state index contributed by atoms with van der Waals surface area (Å²) < 4.78 is 46.4. The number of alkyl halides is 3. The van der Waals surface area contributed by atoms with Gasteiger partial charge in [-0.05, 0) is 60.7 Å². The first-order chi connectivity index (χ1) is 14.5. The van der Waals surface area contributed by atoms with Crippen molar-refractivity contribution in [2.75, 3.05) is 18.4 Å². The number of ether oxygens (including phenoxy) is 1. The van der Waals surface area contributed by atoms with E-state index < -0.39 is 18.4 Å². The largest absolute Gasteiger partial charge is 0.506 e. The first kappa shape index (κ1) is 23.2. The van der Waals surface area contributed by atoms with Gasteiger partial charge in [-0.15, -0.1) is 0 Å². The average molecular weight is 457 g/mol. The van der Waals surface area contributed by atoms with E-state index >= 15 is 0 Å². The number of likely N-dealkylation sites (tertiary alicyclic amines) is 1. The molecule has 0 unspecified atom stereocenters. The van der Waals surface area contributed by atoms with E-state index in [1.54, 1.807) is 26.0 Å². The van der Waals surface area contributed by atoms with Crippen molar-refractivity contribution in [1.82, 2.24) is 4.90 Å². The monoisotopic (exact) mass is 456 g/mol. The molecule has 1 saturated heterocycles. The van der Waals surface area contributed by atoms with Gasteiger partial charge in [0.25, 0.3) is 0 Å². The van der Waals surface area contributed by atoms with Gasteiger partial charge in [0, 0.05) is 30.3 Å². The molecule has 1 aliphatic rings. The zero-order valence-corrected chi connectivity index (χ0v) is 18.1. The van der Waals surface area contributed by atoms with Crippen molar-refractivity contribution in [2.45, 2.75) is 45.6 Å². The lowest BCUT2D eigenvalue weighted by molar-refractivity contribution is -0.144. The van der Waals surface area contributed by atoms with Crippen molar-refractivity contribution in [1.29, 1.82) is 0 Å². The predicted octanol–water partition coefficient (Wildman–Crippen LogP) is 5.86. The fourth-order valence-electron chi connectivity index (χ4n) is 3.74. The molecule has 0 aliphatic carbocycles. The van der Waals surface area contributed by atoms with Gasteiger partial charge in [-0.1, -0.05) is 29.8 Å². The molecule has 9 heteroatoms. The Labute approximate surface area is 183 Å². The van der Waals surface area contributed by atoms with Crippen LogP contribution >= 0.6 is 11.6 Å². The van der Waals surface area contributed by atoms with Crippen LogP contribution < -0.4 is 5.32 Å². The van der Waals surface area contributed by atoms with Crippen molar-refractivity contribution < 1.29 is 27.8 Å². The van der Waals surface area contributed by atoms with Crippen molar-refractivity contribution in [3.8, 4) is 0 Å². The molecule has 0 radical (unpaired) electrons. The smallest absolute Gasteiger partial charge is 0.450 e. The molecule has 3 rings (SSSR count). The van der Waals surface area contributed by atoms with E-state index in [0.717, 1.165) is 16.7 Å². The predicted molar refractivity (Wildman–Crippen MR) is 113 cm³/mol. The van der Waals surface area contributed by atoms with Crippen LogP contribution in [0, 0.1) is 20.8 Å². The van der Waals surface area contributed by atoms with Crippen molar-refractivity contribution in [2.24, 2.45) is 0 Å². The lowest BCUT2D eigenvalue weighted by Crippen LogP contribution is -2.52. The van der Waals surface area contributed by atoms with E-state index in [4.69, 9.17) is 21.4 Å². The fraction of sp³-hybridized carbons (Fsp3) is 0.409. The normalized spacial score (nSPS) is 16.0. The summed E-state index contributed by atoms with van der Waals surface area (Å²) in [5, 5.41) is 11.8. The van der Waals surface area contributed by atoms with Crippen LogP contribution in [0.2, 0.25) is 5.02 Å². The third-order valence-corrected chi connectivity index (χ3v) is 5.97. The third kappa shape index (κ3) is 5.43. The number of nitrogens with zero attached hydrogens (tertiary/aromatic N) is 1. The maximum Gasteiger partial charge on any atom is 0.506 e. The molecule has 0 aromatic heterocycles. The molecule has 0 saturated carbocycles. The van der Waals surface area contributed by atoms with Gasteiger partial charge in [0.2, 0.25) is 0 Å². The highest BCUT2D eigenvalue weighted by atomic mass is 35.5. The summed E-state index contributed by atoms with van der Waals surface area (Å²) in [6, 6.07) is 5.86. The van der Waals surface area contributed by atoms with E-state index in [2.05, 4.69) is 5.32 Å². The van der Waals surface area contributed by atoms with Gasteiger partial charge in [0.15, 0.2) is 0 Å². The molecule has 1 atom stereocenters. The Morgan fingerprint density at radius 2 is 1.90 bits per heavy atom. The number of carbonyl (C=O) groups is 1. The zero-order chi connectivity index (χ0) is 22.9. The number of nitrogens with one attached hydrogen (secondary N) is 1. The minimum atomic E-state index is -4.50. The van der Waals surface area contributed by atoms with Crippen molar-refractivity contribution in [3.63, 3.8) is 0 Å². The number of hydrogen-bond acceptors (Lipinski definition) is 4. The summed E-state index contributed by atoms with van der Waals surface area (Å²) in [5.41, 5.74) is 3.65. The van der Waals surface area contributed by atoms with Gasteiger partial charge in [-0.25, -0.2) is 4.79 Å². The number of benzene rings is 2. The number of hydrogen-bond donors (Lipinski definition) is 2. The van der Waals surface area contributed by atoms with Crippen LogP contribution in [0.4, 0.5) is 23.7 Å². The standard InChI is InChI=1S/C22H24ClF3N2O3/c1-12-4-7-19(14(3)17(12)11-28-9-16(10-28)31-21(29)30)27-20(22(24,25)26)15-5-6-18(23)13(2)8-15/h4-8,16,20,27H,9-11H2,1-3H3,(H,29,30)/t20-/m0/s1. The van der Waals surface area contributed by atoms with Crippen LogP contribution in [-0.2, 0) is 11.3 Å². The molecule has 2 aromatic carbocycles. The quantitative estimate of drug-likeness (QED) is 0.533. The maximum atomic E-state index is 13.9. The molecule has 2 aromatic rings. The van der Waals surface area contributed by atoms with Gasteiger partial charge in [0.1, 0.15) is 12.1 Å². The zero-order valence-electron chi connectivity index (χ0n) is 17.4. The molecule has 1 heterocycles. The van der Waals surface area contributed by atoms with Gasteiger partial charge in [0.05, 0.1) is 0 Å². The summed E-state index contributed by atoms with van der Waals surface area (Å²) in [5.74, 6) is 0. The van der Waals surface area contributed by atoms with E-state index in [1.807, 2.05) is 11.8 Å². The molecule has 31 heavy (non-hydrogen) atoms. The summed E-state index contributed by atoms with van der Waals surface area (Å²) in [4.78, 5) is 12.6. The molecule has 168 valence electrons. The van der Waals surface area contributed by atoms with E-state index in [9.17, 15) is 18.0 Å². The number of rotatable bonds is 6. The first-order valence-corrected chi connectivity index (χ1v) is 10.1. The van der Waals surface area contributed by atoms with Crippen molar-refractivity contribution >= 4 is 23.4 Å². The molecule has 0 bridgehead atoms. The van der Waals surface area contributed by atoms with Gasteiger partial charge < -0.3 is 15.2 Å². The SMILES string of the molecule is Cc1cc([C@H](Nc2ccc(C)c(CN3CC(OC(=O)O)C3)c2C)C(F)(F)F)ccc1Cl. The molecule has 0 amide bonds. The molecule has 5 nitrogen and oxygen atoms in total. The van der Waals surface area contributed by atoms with Crippen LogP contribution in [0.25, 0.3) is 0 Å². The molecule has 0 spiro atoms. The number of halogens is 4. The lowest BCUT2D eigenvalue weighted by atomic mass is 9.97. The number of carboxylic acid groups (broad SMARTS) is 1. The Balaban J connectivity index is 1.82. The highest BCUT2D eigenvalue weighted by Gasteiger charge is 2.41. The molecule has 1 aliphatic heterocycles. The van der Waals surface area contributed by atoms with Gasteiger partial charge >= 0.3 is 12.3 Å². The number of aryl methyl sites for hydroxylation is 2. The van der Waals surface area contributed by atoms with Gasteiger partial charge in [-0.2, -0.15) is 13.2 Å². The highest BCUT2D eigenvalue weighted by molar-refractivity contribution is 6.31. The van der Waals surface area contributed by atoms with Crippen LogP contribution in [0.3, 0.4) is 0 Å². The highest BCUT2D eigenvalue weighted by Crippen LogP contribution is 2.38. The summed E-state index contributed by atoms with van der Waals surface area (Å²) in [7, 11) is 0. The Hall–Kier alpha value is -2.45. The minimum Gasteiger partial charge on any atom is -0.450 e. The average Bonchev–Trinajstić information content (AvgIpc) is 2.63. The van der Waals surface area contributed by atoms with Crippen LogP contribution in [0.1, 0.15) is 33.9 Å². The summed E-state index contributed by atoms with van der Waals surface area (Å²) >= 11 is 5.98. The van der Waals surface area contributed by atoms with Crippen LogP contribution in [0.5, 0.6) is 0 Å². The fourth-order valence-corrected chi connectivity index (χ4v) is 3.86. The molecular formula is C22H24ClF3N2O3. The van der Waals surface area contributed by atoms with E-state index in [1.165, 1.54) is 18.2 Å². The second kappa shape index (κ2) is 8.96. The second-order valence-electron chi connectivity index (χ2n) is 7.86. The van der Waals surface area contributed by atoms with E-state index in [0.29, 0.717) is 35.9 Å². The topological polar surface area (TPSA) is 61.8 Å². The number of anilines is 1. The second-order valence-corrected chi connectivity index (χ2v) is 8.27. The minimum absolute atomic E-state index is 0.0901. The third-order valence-electron chi connectivity index (χ3n) is 5.55.